The number of halogens is 1. The highest BCUT2D eigenvalue weighted by Gasteiger charge is 2.10. The average molecular weight is 268 g/mol. The van der Waals surface area contributed by atoms with Gasteiger partial charge in [-0.3, -0.25) is 4.68 Å². The molecule has 20 heavy (non-hydrogen) atoms. The topological polar surface area (TPSA) is 17.8 Å². The number of hydrogen-bond acceptors (Lipinski definition) is 1. The molecule has 0 unspecified atom stereocenters. The van der Waals surface area contributed by atoms with Crippen LogP contribution in [-0.2, 0) is 6.54 Å². The highest BCUT2D eigenvalue weighted by molar-refractivity contribution is 5.79. The van der Waals surface area contributed by atoms with Gasteiger partial charge in [-0.05, 0) is 29.2 Å². The molecule has 0 aliphatic rings. The maximum Gasteiger partial charge on any atom is 0.127 e. The first-order chi connectivity index (χ1) is 9.63. The molecule has 1 aromatic heterocycles. The van der Waals surface area contributed by atoms with Gasteiger partial charge in [-0.2, -0.15) is 5.10 Å². The van der Waals surface area contributed by atoms with Gasteiger partial charge in [0.1, 0.15) is 5.82 Å². The number of hydrogen-bond donors (Lipinski definition) is 0. The maximum atomic E-state index is 14.0. The molecule has 0 N–H and O–H groups in total. The van der Waals surface area contributed by atoms with Crippen LogP contribution >= 0.6 is 0 Å². The minimum absolute atomic E-state index is 0.147. The van der Waals surface area contributed by atoms with Crippen molar-refractivity contribution < 1.29 is 4.39 Å². The van der Waals surface area contributed by atoms with Gasteiger partial charge in [-0.25, -0.2) is 4.39 Å². The highest BCUT2D eigenvalue weighted by Crippen LogP contribution is 2.24. The third-order valence-corrected chi connectivity index (χ3v) is 3.48. The van der Waals surface area contributed by atoms with Crippen LogP contribution in [0.25, 0.3) is 10.9 Å². The third kappa shape index (κ3) is 2.44. The first-order valence-electron chi connectivity index (χ1n) is 6.84. The lowest BCUT2D eigenvalue weighted by molar-refractivity contribution is 0.600. The normalized spacial score (nSPS) is 11.4. The maximum absolute atomic E-state index is 14.0. The quantitative estimate of drug-likeness (QED) is 0.690. The van der Waals surface area contributed by atoms with E-state index in [9.17, 15) is 4.39 Å². The largest absolute Gasteiger partial charge is 0.267 e. The van der Waals surface area contributed by atoms with E-state index < -0.39 is 0 Å². The molecule has 2 nitrogen and oxygen atoms in total. The molecule has 0 saturated carbocycles. The molecule has 0 atom stereocenters. The molecule has 102 valence electrons. The van der Waals surface area contributed by atoms with Gasteiger partial charge in [0, 0.05) is 11.6 Å². The molecule has 0 amide bonds. The molecule has 2 aromatic carbocycles. The predicted octanol–water partition coefficient (Wildman–Crippen LogP) is 4.35. The molecule has 0 radical (unpaired) electrons. The molecule has 0 aliphatic carbocycles. The first-order valence-corrected chi connectivity index (χ1v) is 6.84. The second-order valence-corrected chi connectivity index (χ2v) is 5.40. The van der Waals surface area contributed by atoms with Crippen LogP contribution in [0.1, 0.15) is 30.9 Å². The van der Waals surface area contributed by atoms with Crippen molar-refractivity contribution in [3.8, 4) is 0 Å². The van der Waals surface area contributed by atoms with Gasteiger partial charge in [-0.15, -0.1) is 0 Å². The van der Waals surface area contributed by atoms with E-state index in [0.29, 0.717) is 6.54 Å². The van der Waals surface area contributed by atoms with Crippen molar-refractivity contribution in [3.63, 3.8) is 0 Å². The molecule has 0 spiro atoms. The van der Waals surface area contributed by atoms with Crippen molar-refractivity contribution in [2.75, 3.05) is 0 Å². The fourth-order valence-corrected chi connectivity index (χ4v) is 2.41. The van der Waals surface area contributed by atoms with Crippen LogP contribution in [0.2, 0.25) is 0 Å². The van der Waals surface area contributed by atoms with E-state index in [1.165, 1.54) is 5.56 Å². The van der Waals surface area contributed by atoms with Crippen LogP contribution in [0.15, 0.2) is 48.7 Å². The van der Waals surface area contributed by atoms with Crippen molar-refractivity contribution in [1.82, 2.24) is 9.78 Å². The molecular weight excluding hydrogens is 251 g/mol. The van der Waals surface area contributed by atoms with Crippen molar-refractivity contribution >= 4 is 10.9 Å². The Morgan fingerprint density at radius 1 is 1.15 bits per heavy atom. The third-order valence-electron chi connectivity index (χ3n) is 3.48. The van der Waals surface area contributed by atoms with Gasteiger partial charge < -0.3 is 0 Å². The number of benzene rings is 2. The second kappa shape index (κ2) is 5.08. The predicted molar refractivity (Wildman–Crippen MR) is 79.3 cm³/mol. The van der Waals surface area contributed by atoms with Crippen LogP contribution in [0.5, 0.6) is 0 Å². The van der Waals surface area contributed by atoms with E-state index in [1.807, 2.05) is 49.0 Å². The van der Waals surface area contributed by atoms with Crippen molar-refractivity contribution in [2.45, 2.75) is 26.3 Å². The van der Waals surface area contributed by atoms with Crippen LogP contribution < -0.4 is 0 Å². The van der Waals surface area contributed by atoms with Crippen LogP contribution in [0.3, 0.4) is 0 Å². The highest BCUT2D eigenvalue weighted by atomic mass is 19.1. The zero-order chi connectivity index (χ0) is 14.1. The number of aromatic nitrogens is 2. The molecule has 3 aromatic rings. The number of fused-ring (bicyclic) bond motifs is 1. The van der Waals surface area contributed by atoms with Crippen LogP contribution in [-0.4, -0.2) is 9.78 Å². The van der Waals surface area contributed by atoms with Crippen molar-refractivity contribution in [2.24, 2.45) is 0 Å². The van der Waals surface area contributed by atoms with Crippen molar-refractivity contribution in [3.05, 3.63) is 65.6 Å². The first kappa shape index (κ1) is 12.9. The van der Waals surface area contributed by atoms with Gasteiger partial charge in [0.05, 0.1) is 12.1 Å². The van der Waals surface area contributed by atoms with Gasteiger partial charge in [-0.1, -0.05) is 44.2 Å². The van der Waals surface area contributed by atoms with E-state index in [0.717, 1.165) is 16.5 Å². The summed E-state index contributed by atoms with van der Waals surface area (Å²) < 4.78 is 15.8. The Bertz CT molecular complexity index is 729. The molecule has 3 heteroatoms. The molecule has 3 rings (SSSR count). The number of rotatable bonds is 3. The Kier molecular flexibility index (Phi) is 3.26. The Hall–Kier alpha value is -2.16. The zero-order valence-corrected chi connectivity index (χ0v) is 11.7. The lowest BCUT2D eigenvalue weighted by Crippen LogP contribution is -1.99. The van der Waals surface area contributed by atoms with E-state index in [2.05, 4.69) is 17.2 Å². The van der Waals surface area contributed by atoms with Gasteiger partial charge in [0.15, 0.2) is 0 Å². The van der Waals surface area contributed by atoms with E-state index in [-0.39, 0.29) is 11.7 Å². The molecule has 0 saturated heterocycles. The summed E-state index contributed by atoms with van der Waals surface area (Å²) in [5.74, 6) is 0.0189. The summed E-state index contributed by atoms with van der Waals surface area (Å²) in [6, 6.07) is 13.6. The Balaban J connectivity index is 1.98. The lowest BCUT2D eigenvalue weighted by atomic mass is 10.0. The molecule has 1 heterocycles. The standard InChI is InChI=1S/C17H17FN2/c1-12(2)15-9-17-14(8-16(15)18)11-20(19-17)10-13-6-4-3-5-7-13/h3-9,11-12H,10H2,1-2H3. The summed E-state index contributed by atoms with van der Waals surface area (Å²) in [4.78, 5) is 0. The molecule has 0 bridgehead atoms. The fraction of sp³-hybridized carbons (Fsp3) is 0.235. The summed E-state index contributed by atoms with van der Waals surface area (Å²) in [5.41, 5.74) is 2.76. The second-order valence-electron chi connectivity index (χ2n) is 5.40. The average Bonchev–Trinajstić information content (AvgIpc) is 2.79. The minimum atomic E-state index is -0.147. The summed E-state index contributed by atoms with van der Waals surface area (Å²) >= 11 is 0. The zero-order valence-electron chi connectivity index (χ0n) is 11.7. The monoisotopic (exact) mass is 268 g/mol. The summed E-state index contributed by atoms with van der Waals surface area (Å²) in [7, 11) is 0. The van der Waals surface area contributed by atoms with Gasteiger partial charge in [0.25, 0.3) is 0 Å². The van der Waals surface area contributed by atoms with Crippen LogP contribution in [0.4, 0.5) is 4.39 Å². The Morgan fingerprint density at radius 3 is 2.60 bits per heavy atom. The van der Waals surface area contributed by atoms with Crippen LogP contribution in [0, 0.1) is 5.82 Å². The van der Waals surface area contributed by atoms with E-state index in [4.69, 9.17) is 0 Å². The van der Waals surface area contributed by atoms with Crippen molar-refractivity contribution in [1.29, 1.82) is 0 Å². The minimum Gasteiger partial charge on any atom is -0.267 e. The van der Waals surface area contributed by atoms with Gasteiger partial charge >= 0.3 is 0 Å². The molecule has 0 fully saturated rings. The Labute approximate surface area is 117 Å². The number of nitrogens with zero attached hydrogens (tertiary/aromatic N) is 2. The summed E-state index contributed by atoms with van der Waals surface area (Å²) in [6.07, 6.45) is 1.90. The molecule has 0 aliphatic heterocycles. The van der Waals surface area contributed by atoms with E-state index >= 15 is 0 Å². The Morgan fingerprint density at radius 2 is 1.90 bits per heavy atom. The SMILES string of the molecule is CC(C)c1cc2nn(Cc3ccccc3)cc2cc1F. The summed E-state index contributed by atoms with van der Waals surface area (Å²) in [5, 5.41) is 5.39. The summed E-state index contributed by atoms with van der Waals surface area (Å²) in [6.45, 7) is 4.69. The fourth-order valence-electron chi connectivity index (χ4n) is 2.41. The smallest absolute Gasteiger partial charge is 0.127 e. The van der Waals surface area contributed by atoms with Gasteiger partial charge in [0.2, 0.25) is 0 Å². The molecular formula is C17H17FN2. The van der Waals surface area contributed by atoms with E-state index in [1.54, 1.807) is 6.07 Å². The lowest BCUT2D eigenvalue weighted by Gasteiger charge is -2.05.